The van der Waals surface area contributed by atoms with Gasteiger partial charge >= 0.3 is 0 Å². The molecular weight excluding hydrogens is 861 g/mol. The van der Waals surface area contributed by atoms with Crippen LogP contribution in [-0.4, -0.2) is 0 Å². The minimum absolute atomic E-state index is 0.440. The Bertz CT molecular complexity index is 3790. The Morgan fingerprint density at radius 1 is 0.296 bits per heavy atom. The molecule has 1 aromatic heterocycles. The maximum absolute atomic E-state index is 6.87. The Hall–Kier alpha value is -8.66. The van der Waals surface area contributed by atoms with Gasteiger partial charge in [0.2, 0.25) is 0 Å². The lowest BCUT2D eigenvalue weighted by atomic mass is 9.96. The number of fused-ring (bicyclic) bond motifs is 5. The molecule has 0 N–H and O–H groups in total. The standard InChI is InChI=1S/C68H54N2O/c1-45(2)47-27-29-51(30-28-47)61-23-11-14-24-64(61)69(56-35-31-48(32-36-56)46(3)4)57-37-33-52-41-62-63-42-53-34-38-58(40-55(53)44-68(63)71-67(62)43-54(52)39-57)70(65-25-15-12-21-59(65)49-17-7-5-8-18-49)66-26-16-13-22-60(66)50-19-9-6-10-20-50/h5-46H,1-4H3. The van der Waals surface area contributed by atoms with Crippen LogP contribution in [0.15, 0.2) is 247 Å². The summed E-state index contributed by atoms with van der Waals surface area (Å²) in [6.45, 7) is 8.99. The molecule has 0 aliphatic carbocycles. The average Bonchev–Trinajstić information content (AvgIpc) is 3.76. The zero-order valence-electron chi connectivity index (χ0n) is 40.6. The highest BCUT2D eigenvalue weighted by atomic mass is 16.3. The first-order valence-corrected chi connectivity index (χ1v) is 24.9. The van der Waals surface area contributed by atoms with Crippen molar-refractivity contribution in [3.05, 3.63) is 254 Å². The highest BCUT2D eigenvalue weighted by molar-refractivity contribution is 6.14. The number of rotatable bonds is 11. The van der Waals surface area contributed by atoms with E-state index in [1.54, 1.807) is 0 Å². The van der Waals surface area contributed by atoms with E-state index in [1.807, 2.05) is 0 Å². The second-order valence-corrected chi connectivity index (χ2v) is 19.3. The van der Waals surface area contributed by atoms with Crippen LogP contribution in [0.2, 0.25) is 0 Å². The lowest BCUT2D eigenvalue weighted by molar-refractivity contribution is 0.670. The summed E-state index contributed by atoms with van der Waals surface area (Å²) in [6.07, 6.45) is 0. The molecule has 3 nitrogen and oxygen atoms in total. The highest BCUT2D eigenvalue weighted by Crippen LogP contribution is 2.47. The molecule has 11 aromatic carbocycles. The SMILES string of the molecule is CC(C)c1ccc(-c2ccccc2N(c2ccc(C(C)C)cc2)c2ccc3cc4c(cc3c2)oc2cc3cc(N(c5ccccc5-c5ccccc5)c5ccccc5-c5ccccc5)ccc3cc24)cc1. The smallest absolute Gasteiger partial charge is 0.136 e. The number of hydrogen-bond acceptors (Lipinski definition) is 3. The van der Waals surface area contributed by atoms with E-state index in [4.69, 9.17) is 4.42 Å². The van der Waals surface area contributed by atoms with E-state index in [2.05, 4.69) is 280 Å². The number of furan rings is 1. The molecule has 71 heavy (non-hydrogen) atoms. The van der Waals surface area contributed by atoms with Gasteiger partial charge in [0.25, 0.3) is 0 Å². The molecule has 0 radical (unpaired) electrons. The molecule has 0 aliphatic heterocycles. The van der Waals surface area contributed by atoms with E-state index < -0.39 is 0 Å². The van der Waals surface area contributed by atoms with Crippen molar-refractivity contribution >= 4 is 77.6 Å². The molecule has 0 aliphatic rings. The monoisotopic (exact) mass is 914 g/mol. The van der Waals surface area contributed by atoms with Crippen molar-refractivity contribution in [3.63, 3.8) is 0 Å². The number of para-hydroxylation sites is 3. The Balaban J connectivity index is 0.979. The van der Waals surface area contributed by atoms with E-state index in [0.717, 1.165) is 88.7 Å². The average molecular weight is 915 g/mol. The van der Waals surface area contributed by atoms with Crippen molar-refractivity contribution in [1.29, 1.82) is 0 Å². The molecule has 0 spiro atoms. The Kier molecular flexibility index (Phi) is 11.3. The van der Waals surface area contributed by atoms with Crippen LogP contribution in [0.25, 0.3) is 76.9 Å². The molecule has 0 unspecified atom stereocenters. The quantitative estimate of drug-likeness (QED) is 0.129. The first-order chi connectivity index (χ1) is 34.8. The van der Waals surface area contributed by atoms with Crippen molar-refractivity contribution in [2.45, 2.75) is 39.5 Å². The molecule has 0 bridgehead atoms. The van der Waals surface area contributed by atoms with Crippen molar-refractivity contribution in [1.82, 2.24) is 0 Å². The summed E-state index contributed by atoms with van der Waals surface area (Å²) < 4.78 is 6.87. The van der Waals surface area contributed by atoms with E-state index in [-0.39, 0.29) is 0 Å². The van der Waals surface area contributed by atoms with Crippen molar-refractivity contribution in [3.8, 4) is 33.4 Å². The van der Waals surface area contributed by atoms with Gasteiger partial charge < -0.3 is 14.2 Å². The van der Waals surface area contributed by atoms with Gasteiger partial charge in [0.05, 0.1) is 17.1 Å². The summed E-state index contributed by atoms with van der Waals surface area (Å²) >= 11 is 0. The van der Waals surface area contributed by atoms with Crippen molar-refractivity contribution in [2.75, 3.05) is 9.80 Å². The number of nitrogens with zero attached hydrogens (tertiary/aromatic N) is 2. The van der Waals surface area contributed by atoms with Crippen LogP contribution >= 0.6 is 0 Å². The van der Waals surface area contributed by atoms with Gasteiger partial charge in [0.15, 0.2) is 0 Å². The lowest BCUT2D eigenvalue weighted by Gasteiger charge is -2.30. The molecule has 0 amide bonds. The molecule has 0 fully saturated rings. The van der Waals surface area contributed by atoms with Gasteiger partial charge in [-0.1, -0.05) is 191 Å². The molecule has 12 rings (SSSR count). The van der Waals surface area contributed by atoms with Gasteiger partial charge in [-0.25, -0.2) is 0 Å². The predicted octanol–water partition coefficient (Wildman–Crippen LogP) is 20.1. The molecule has 3 heteroatoms. The third kappa shape index (κ3) is 8.20. The van der Waals surface area contributed by atoms with Crippen LogP contribution in [0, 0.1) is 0 Å². The summed E-state index contributed by atoms with van der Waals surface area (Å²) in [7, 11) is 0. The van der Waals surface area contributed by atoms with Gasteiger partial charge in [0, 0.05) is 44.5 Å². The summed E-state index contributed by atoms with van der Waals surface area (Å²) in [4.78, 5) is 4.82. The third-order valence-corrected chi connectivity index (χ3v) is 14.2. The molecule has 0 atom stereocenters. The van der Waals surface area contributed by atoms with Crippen LogP contribution in [0.1, 0.15) is 50.7 Å². The molecule has 1 heterocycles. The normalized spacial score (nSPS) is 11.6. The van der Waals surface area contributed by atoms with Gasteiger partial charge in [-0.2, -0.15) is 0 Å². The van der Waals surface area contributed by atoms with Gasteiger partial charge in [-0.05, 0) is 140 Å². The second-order valence-electron chi connectivity index (χ2n) is 19.3. The van der Waals surface area contributed by atoms with Crippen LogP contribution in [0.5, 0.6) is 0 Å². The van der Waals surface area contributed by atoms with Crippen LogP contribution in [-0.2, 0) is 0 Å². The van der Waals surface area contributed by atoms with E-state index >= 15 is 0 Å². The minimum Gasteiger partial charge on any atom is -0.456 e. The first-order valence-electron chi connectivity index (χ1n) is 24.9. The largest absolute Gasteiger partial charge is 0.456 e. The minimum atomic E-state index is 0.440. The number of hydrogen-bond donors (Lipinski definition) is 0. The summed E-state index contributed by atoms with van der Waals surface area (Å²) in [5.41, 5.74) is 18.0. The number of benzene rings is 11. The maximum Gasteiger partial charge on any atom is 0.136 e. The Labute approximate surface area is 416 Å². The zero-order chi connectivity index (χ0) is 48.0. The predicted molar refractivity (Wildman–Crippen MR) is 303 cm³/mol. The molecular formula is C68H54N2O. The lowest BCUT2D eigenvalue weighted by Crippen LogP contribution is -2.12. The van der Waals surface area contributed by atoms with Crippen LogP contribution in [0.3, 0.4) is 0 Å². The third-order valence-electron chi connectivity index (χ3n) is 14.2. The summed E-state index contributed by atoms with van der Waals surface area (Å²) in [5, 5.41) is 6.76. The highest BCUT2D eigenvalue weighted by Gasteiger charge is 2.22. The fraction of sp³-hybridized carbons (Fsp3) is 0.0882. The second kappa shape index (κ2) is 18.3. The summed E-state index contributed by atoms with van der Waals surface area (Å²) in [6, 6.07) is 88.5. The molecule has 0 saturated carbocycles. The van der Waals surface area contributed by atoms with Gasteiger partial charge in [-0.15, -0.1) is 0 Å². The van der Waals surface area contributed by atoms with Crippen molar-refractivity contribution < 1.29 is 4.42 Å². The van der Waals surface area contributed by atoms with E-state index in [0.29, 0.717) is 11.8 Å². The first kappa shape index (κ1) is 43.6. The number of anilines is 6. The topological polar surface area (TPSA) is 19.6 Å². The van der Waals surface area contributed by atoms with Crippen molar-refractivity contribution in [2.24, 2.45) is 0 Å². The zero-order valence-corrected chi connectivity index (χ0v) is 40.6. The van der Waals surface area contributed by atoms with E-state index in [9.17, 15) is 0 Å². The molecule has 342 valence electrons. The van der Waals surface area contributed by atoms with Gasteiger partial charge in [-0.3, -0.25) is 0 Å². The fourth-order valence-electron chi connectivity index (χ4n) is 10.4. The van der Waals surface area contributed by atoms with Crippen LogP contribution in [0.4, 0.5) is 34.1 Å². The molecule has 0 saturated heterocycles. The van der Waals surface area contributed by atoms with Crippen LogP contribution < -0.4 is 9.80 Å². The maximum atomic E-state index is 6.87. The fourth-order valence-corrected chi connectivity index (χ4v) is 10.4. The Morgan fingerprint density at radius 3 is 1.11 bits per heavy atom. The summed E-state index contributed by atoms with van der Waals surface area (Å²) in [5.74, 6) is 0.910. The Morgan fingerprint density at radius 2 is 0.662 bits per heavy atom. The molecule has 12 aromatic rings. The van der Waals surface area contributed by atoms with E-state index in [1.165, 1.54) is 33.4 Å². The van der Waals surface area contributed by atoms with Gasteiger partial charge in [0.1, 0.15) is 11.2 Å².